The SMILES string of the molecule is O=C(CN1CCOC1=O)N1CC[C@@H]2[C@@H](CCC(=O)N2CCc2cccs2)C1. The van der Waals surface area contributed by atoms with Gasteiger partial charge in [0.2, 0.25) is 11.8 Å². The van der Waals surface area contributed by atoms with Crippen molar-refractivity contribution in [2.75, 3.05) is 39.3 Å². The summed E-state index contributed by atoms with van der Waals surface area (Å²) in [6.07, 6.45) is 2.71. The Hall–Kier alpha value is -2.09. The van der Waals surface area contributed by atoms with Crippen LogP contribution in [0.5, 0.6) is 0 Å². The fraction of sp³-hybridized carbons (Fsp3) is 0.632. The maximum atomic E-state index is 12.6. The summed E-state index contributed by atoms with van der Waals surface area (Å²) in [6.45, 7) is 3.01. The summed E-state index contributed by atoms with van der Waals surface area (Å²) in [5, 5.41) is 2.07. The van der Waals surface area contributed by atoms with Gasteiger partial charge < -0.3 is 14.5 Å². The molecule has 27 heavy (non-hydrogen) atoms. The highest BCUT2D eigenvalue weighted by Crippen LogP contribution is 2.31. The Morgan fingerprint density at radius 3 is 2.89 bits per heavy atom. The lowest BCUT2D eigenvalue weighted by Crippen LogP contribution is -2.58. The summed E-state index contributed by atoms with van der Waals surface area (Å²) in [6, 6.07) is 4.38. The van der Waals surface area contributed by atoms with Gasteiger partial charge in [0, 0.05) is 37.0 Å². The molecule has 0 N–H and O–H groups in total. The molecule has 3 aliphatic rings. The van der Waals surface area contributed by atoms with Crippen molar-refractivity contribution >= 4 is 29.2 Å². The van der Waals surface area contributed by atoms with Gasteiger partial charge in [-0.15, -0.1) is 11.3 Å². The molecule has 7 nitrogen and oxygen atoms in total. The number of fused-ring (bicyclic) bond motifs is 1. The molecule has 0 bridgehead atoms. The summed E-state index contributed by atoms with van der Waals surface area (Å²) in [7, 11) is 0. The lowest BCUT2D eigenvalue weighted by atomic mass is 9.83. The average molecular weight is 391 g/mol. The lowest BCUT2D eigenvalue weighted by Gasteiger charge is -2.47. The van der Waals surface area contributed by atoms with E-state index in [1.165, 1.54) is 9.78 Å². The topological polar surface area (TPSA) is 70.2 Å². The fourth-order valence-corrected chi connectivity index (χ4v) is 5.08. The molecule has 0 unspecified atom stereocenters. The molecule has 2 atom stereocenters. The smallest absolute Gasteiger partial charge is 0.410 e. The molecule has 0 aromatic carbocycles. The number of piperidine rings is 2. The quantitative estimate of drug-likeness (QED) is 0.764. The number of cyclic esters (lactones) is 1. The van der Waals surface area contributed by atoms with E-state index in [1.807, 2.05) is 15.9 Å². The fourth-order valence-electron chi connectivity index (χ4n) is 4.39. The minimum Gasteiger partial charge on any atom is -0.448 e. The summed E-state index contributed by atoms with van der Waals surface area (Å²) in [5.41, 5.74) is 0. The minimum absolute atomic E-state index is 0.0191. The van der Waals surface area contributed by atoms with Crippen molar-refractivity contribution in [3.63, 3.8) is 0 Å². The second kappa shape index (κ2) is 7.88. The van der Waals surface area contributed by atoms with Crippen LogP contribution in [0.3, 0.4) is 0 Å². The van der Waals surface area contributed by atoms with Gasteiger partial charge in [-0.2, -0.15) is 0 Å². The number of rotatable bonds is 5. The van der Waals surface area contributed by atoms with E-state index in [4.69, 9.17) is 4.74 Å². The van der Waals surface area contributed by atoms with Crippen LogP contribution in [0.15, 0.2) is 17.5 Å². The van der Waals surface area contributed by atoms with E-state index in [2.05, 4.69) is 11.4 Å². The Morgan fingerprint density at radius 2 is 2.15 bits per heavy atom. The zero-order valence-electron chi connectivity index (χ0n) is 15.3. The Balaban J connectivity index is 1.34. The van der Waals surface area contributed by atoms with Gasteiger partial charge >= 0.3 is 6.09 Å². The molecule has 8 heteroatoms. The van der Waals surface area contributed by atoms with Crippen molar-refractivity contribution < 1.29 is 19.1 Å². The van der Waals surface area contributed by atoms with Gasteiger partial charge in [-0.3, -0.25) is 14.5 Å². The number of ether oxygens (including phenoxy) is 1. The van der Waals surface area contributed by atoms with Crippen molar-refractivity contribution in [2.24, 2.45) is 5.92 Å². The van der Waals surface area contributed by atoms with Gasteiger partial charge in [0.05, 0.1) is 6.54 Å². The molecule has 3 saturated heterocycles. The van der Waals surface area contributed by atoms with Gasteiger partial charge in [0.15, 0.2) is 0 Å². The van der Waals surface area contributed by atoms with Crippen molar-refractivity contribution in [3.05, 3.63) is 22.4 Å². The first-order valence-corrected chi connectivity index (χ1v) is 10.5. The molecule has 0 aliphatic carbocycles. The van der Waals surface area contributed by atoms with Crippen LogP contribution in [-0.2, 0) is 20.7 Å². The number of carbonyl (C=O) groups excluding carboxylic acids is 3. The molecule has 146 valence electrons. The van der Waals surface area contributed by atoms with Crippen LogP contribution in [0.25, 0.3) is 0 Å². The Morgan fingerprint density at radius 1 is 1.26 bits per heavy atom. The van der Waals surface area contributed by atoms with E-state index >= 15 is 0 Å². The third-order valence-electron chi connectivity index (χ3n) is 5.85. The molecule has 4 rings (SSSR count). The molecule has 1 aromatic rings. The van der Waals surface area contributed by atoms with Crippen LogP contribution in [0.2, 0.25) is 0 Å². The van der Waals surface area contributed by atoms with E-state index < -0.39 is 6.09 Å². The molecule has 3 amide bonds. The second-order valence-electron chi connectivity index (χ2n) is 7.45. The molecule has 4 heterocycles. The highest BCUT2D eigenvalue weighted by Gasteiger charge is 2.40. The minimum atomic E-state index is -0.402. The van der Waals surface area contributed by atoms with Crippen LogP contribution < -0.4 is 0 Å². The van der Waals surface area contributed by atoms with Crippen molar-refractivity contribution in [3.8, 4) is 0 Å². The van der Waals surface area contributed by atoms with Crippen LogP contribution in [0, 0.1) is 5.92 Å². The van der Waals surface area contributed by atoms with E-state index in [0.717, 1.165) is 25.8 Å². The van der Waals surface area contributed by atoms with Crippen LogP contribution in [-0.4, -0.2) is 78.0 Å². The molecule has 0 radical (unpaired) electrons. The number of nitrogens with zero attached hydrogens (tertiary/aromatic N) is 3. The maximum Gasteiger partial charge on any atom is 0.410 e. The third kappa shape index (κ3) is 3.95. The number of amides is 3. The van der Waals surface area contributed by atoms with Crippen molar-refractivity contribution in [2.45, 2.75) is 31.7 Å². The zero-order valence-corrected chi connectivity index (χ0v) is 16.2. The maximum absolute atomic E-state index is 12.6. The molecule has 0 saturated carbocycles. The summed E-state index contributed by atoms with van der Waals surface area (Å²) < 4.78 is 4.90. The Labute approximate surface area is 162 Å². The monoisotopic (exact) mass is 391 g/mol. The molecular formula is C19H25N3O4S. The zero-order chi connectivity index (χ0) is 18.8. The third-order valence-corrected chi connectivity index (χ3v) is 6.78. The molecular weight excluding hydrogens is 366 g/mol. The van der Waals surface area contributed by atoms with Gasteiger partial charge in [-0.25, -0.2) is 4.79 Å². The number of hydrogen-bond acceptors (Lipinski definition) is 5. The summed E-state index contributed by atoms with van der Waals surface area (Å²) in [4.78, 5) is 43.3. The van der Waals surface area contributed by atoms with Gasteiger partial charge in [0.1, 0.15) is 13.2 Å². The van der Waals surface area contributed by atoms with Gasteiger partial charge in [-0.05, 0) is 36.6 Å². The number of carbonyl (C=O) groups is 3. The summed E-state index contributed by atoms with van der Waals surface area (Å²) in [5.74, 6) is 0.552. The highest BCUT2D eigenvalue weighted by molar-refractivity contribution is 7.09. The predicted molar refractivity (Wildman–Crippen MR) is 100 cm³/mol. The van der Waals surface area contributed by atoms with Gasteiger partial charge in [-0.1, -0.05) is 6.07 Å². The van der Waals surface area contributed by atoms with Crippen LogP contribution in [0.1, 0.15) is 24.1 Å². The molecule has 3 aliphatic heterocycles. The van der Waals surface area contributed by atoms with Crippen LogP contribution >= 0.6 is 11.3 Å². The Kier molecular flexibility index (Phi) is 5.33. The first-order chi connectivity index (χ1) is 13.1. The predicted octanol–water partition coefficient (Wildman–Crippen LogP) is 1.58. The van der Waals surface area contributed by atoms with Crippen molar-refractivity contribution in [1.29, 1.82) is 0 Å². The van der Waals surface area contributed by atoms with Crippen LogP contribution in [0.4, 0.5) is 4.79 Å². The first kappa shape index (κ1) is 18.3. The van der Waals surface area contributed by atoms with Crippen molar-refractivity contribution in [1.82, 2.24) is 14.7 Å². The van der Waals surface area contributed by atoms with E-state index in [0.29, 0.717) is 38.6 Å². The van der Waals surface area contributed by atoms with Gasteiger partial charge in [0.25, 0.3) is 0 Å². The number of thiophene rings is 1. The van der Waals surface area contributed by atoms with E-state index in [-0.39, 0.29) is 24.4 Å². The Bertz CT molecular complexity index is 708. The first-order valence-electron chi connectivity index (χ1n) is 9.63. The lowest BCUT2D eigenvalue weighted by molar-refractivity contribution is -0.144. The molecule has 3 fully saturated rings. The molecule has 1 aromatic heterocycles. The second-order valence-corrected chi connectivity index (χ2v) is 8.48. The average Bonchev–Trinajstić information content (AvgIpc) is 3.33. The normalized spacial score (nSPS) is 25.6. The number of hydrogen-bond donors (Lipinski definition) is 0. The largest absolute Gasteiger partial charge is 0.448 e. The standard InChI is InChI=1S/C19H25N3O4S/c23-17-4-3-14-12-20(18(24)13-21-9-10-26-19(21)25)7-6-16(14)22(17)8-5-15-2-1-11-27-15/h1-2,11,14,16H,3-10,12-13H2/t14-,16+/m0/s1. The van der Waals surface area contributed by atoms with E-state index in [1.54, 1.807) is 11.3 Å². The van der Waals surface area contributed by atoms with E-state index in [9.17, 15) is 14.4 Å². The molecule has 0 spiro atoms. The highest BCUT2D eigenvalue weighted by atomic mass is 32.1. The summed E-state index contributed by atoms with van der Waals surface area (Å²) >= 11 is 1.73. The number of likely N-dealkylation sites (tertiary alicyclic amines) is 2.